The molecule has 1 N–H and O–H groups in total. The summed E-state index contributed by atoms with van der Waals surface area (Å²) in [6.07, 6.45) is 5.56. The second-order valence-electron chi connectivity index (χ2n) is 11.9. The van der Waals surface area contributed by atoms with Gasteiger partial charge in [-0.15, -0.1) is 0 Å². The van der Waals surface area contributed by atoms with Gasteiger partial charge < -0.3 is 19.1 Å². The van der Waals surface area contributed by atoms with Crippen LogP contribution in [0.2, 0.25) is 0 Å². The molecule has 4 heterocycles. The smallest absolute Gasteiger partial charge is 0.335 e. The van der Waals surface area contributed by atoms with Crippen LogP contribution in [-0.4, -0.2) is 56.3 Å². The van der Waals surface area contributed by atoms with E-state index in [1.165, 1.54) is 12.1 Å². The molecule has 46 heavy (non-hydrogen) atoms. The van der Waals surface area contributed by atoms with E-state index >= 15 is 0 Å². The number of aromatic nitrogens is 3. The lowest BCUT2D eigenvalue weighted by Gasteiger charge is -2.29. The van der Waals surface area contributed by atoms with Gasteiger partial charge in [0, 0.05) is 42.8 Å². The van der Waals surface area contributed by atoms with E-state index in [9.17, 15) is 23.1 Å². The number of hydrogen-bond acceptors (Lipinski definition) is 6. The number of aromatic carboxylic acids is 1. The fourth-order valence-electron chi connectivity index (χ4n) is 5.59. The molecule has 2 aromatic carbocycles. The van der Waals surface area contributed by atoms with Gasteiger partial charge in [0.15, 0.2) is 5.82 Å². The SMILES string of the molecule is O=C(O)c1ccc2nc(CN3CC=C(c4cc(F)c(F)c(OCc5ccc(C#CC6CC6)cc5F)n4)CC3)n(C[C@@H]3CCO3)c2c1. The third-order valence-corrected chi connectivity index (χ3v) is 8.54. The fourth-order valence-corrected chi connectivity index (χ4v) is 5.59. The van der Waals surface area contributed by atoms with Crippen LogP contribution in [0, 0.1) is 35.2 Å². The van der Waals surface area contributed by atoms with Crippen molar-refractivity contribution in [1.29, 1.82) is 0 Å². The maximum atomic E-state index is 14.7. The number of carboxylic acid groups (broad SMARTS) is 1. The average molecular weight is 629 g/mol. The van der Waals surface area contributed by atoms with Gasteiger partial charge in [0.2, 0.25) is 5.82 Å². The van der Waals surface area contributed by atoms with Gasteiger partial charge in [0.05, 0.1) is 41.5 Å². The van der Waals surface area contributed by atoms with E-state index in [2.05, 4.69) is 21.7 Å². The maximum absolute atomic E-state index is 14.7. The highest BCUT2D eigenvalue weighted by Crippen LogP contribution is 2.30. The first-order chi connectivity index (χ1) is 22.3. The molecule has 1 saturated heterocycles. The maximum Gasteiger partial charge on any atom is 0.335 e. The Balaban J connectivity index is 1.05. The van der Waals surface area contributed by atoms with Crippen molar-refractivity contribution >= 4 is 22.6 Å². The number of carbonyl (C=O) groups is 1. The van der Waals surface area contributed by atoms with E-state index in [1.54, 1.807) is 24.3 Å². The minimum Gasteiger partial charge on any atom is -0.478 e. The zero-order valence-electron chi connectivity index (χ0n) is 24.9. The van der Waals surface area contributed by atoms with Gasteiger partial charge in [-0.2, -0.15) is 4.39 Å². The van der Waals surface area contributed by atoms with Crippen LogP contribution < -0.4 is 4.74 Å². The fraction of sp³-hybridized carbons (Fsp3) is 0.343. The quantitative estimate of drug-likeness (QED) is 0.229. The molecule has 236 valence electrons. The number of carboxylic acids is 1. The molecule has 11 heteroatoms. The monoisotopic (exact) mass is 628 g/mol. The lowest BCUT2D eigenvalue weighted by molar-refractivity contribution is -0.0591. The Bertz CT molecular complexity index is 1920. The molecule has 2 fully saturated rings. The number of halogens is 3. The molecule has 2 aromatic heterocycles. The van der Waals surface area contributed by atoms with Crippen LogP contribution in [0.25, 0.3) is 16.6 Å². The lowest BCUT2D eigenvalue weighted by atomic mass is 10.0. The molecule has 8 nitrogen and oxygen atoms in total. The molecule has 7 rings (SSSR count). The number of fused-ring (bicyclic) bond motifs is 1. The summed E-state index contributed by atoms with van der Waals surface area (Å²) in [7, 11) is 0. The Morgan fingerprint density at radius 1 is 1.07 bits per heavy atom. The molecular formula is C35H31F3N4O4. The third-order valence-electron chi connectivity index (χ3n) is 8.54. The van der Waals surface area contributed by atoms with Crippen LogP contribution in [0.15, 0.2) is 48.5 Å². The highest BCUT2D eigenvalue weighted by molar-refractivity contribution is 5.92. The summed E-state index contributed by atoms with van der Waals surface area (Å²) in [5.41, 5.74) is 3.40. The van der Waals surface area contributed by atoms with Crippen molar-refractivity contribution in [1.82, 2.24) is 19.4 Å². The summed E-state index contributed by atoms with van der Waals surface area (Å²) < 4.78 is 57.1. The molecule has 1 saturated carbocycles. The molecule has 1 aliphatic carbocycles. The molecule has 0 unspecified atom stereocenters. The number of pyridine rings is 1. The van der Waals surface area contributed by atoms with Crippen molar-refractivity contribution in [3.8, 4) is 17.7 Å². The van der Waals surface area contributed by atoms with Crippen LogP contribution in [0.3, 0.4) is 0 Å². The zero-order valence-corrected chi connectivity index (χ0v) is 24.9. The van der Waals surface area contributed by atoms with Crippen LogP contribution >= 0.6 is 0 Å². The molecule has 0 radical (unpaired) electrons. The van der Waals surface area contributed by atoms with E-state index in [-0.39, 0.29) is 29.5 Å². The van der Waals surface area contributed by atoms with Crippen molar-refractivity contribution in [2.75, 3.05) is 19.7 Å². The first-order valence-corrected chi connectivity index (χ1v) is 15.4. The Morgan fingerprint density at radius 3 is 2.61 bits per heavy atom. The summed E-state index contributed by atoms with van der Waals surface area (Å²) in [5.74, 6) is 2.84. The van der Waals surface area contributed by atoms with Crippen molar-refractivity contribution in [3.63, 3.8) is 0 Å². The van der Waals surface area contributed by atoms with Crippen molar-refractivity contribution in [2.24, 2.45) is 5.92 Å². The van der Waals surface area contributed by atoms with Crippen molar-refractivity contribution in [2.45, 2.75) is 51.5 Å². The Hall–Kier alpha value is -4.66. The van der Waals surface area contributed by atoms with Gasteiger partial charge in [-0.05, 0) is 61.6 Å². The second kappa shape index (κ2) is 12.6. The topological polar surface area (TPSA) is 89.7 Å². The highest BCUT2D eigenvalue weighted by Gasteiger charge is 2.25. The molecule has 0 bridgehead atoms. The van der Waals surface area contributed by atoms with E-state index in [0.29, 0.717) is 56.2 Å². The van der Waals surface area contributed by atoms with Gasteiger partial charge in [0.25, 0.3) is 5.88 Å². The Kier molecular flexibility index (Phi) is 8.23. The van der Waals surface area contributed by atoms with E-state index in [1.807, 2.05) is 10.6 Å². The zero-order chi connectivity index (χ0) is 31.8. The molecule has 2 aliphatic heterocycles. The largest absolute Gasteiger partial charge is 0.478 e. The second-order valence-corrected chi connectivity index (χ2v) is 11.9. The normalized spacial score (nSPS) is 18.1. The predicted octanol–water partition coefficient (Wildman–Crippen LogP) is 5.97. The van der Waals surface area contributed by atoms with Crippen LogP contribution in [0.4, 0.5) is 13.2 Å². The summed E-state index contributed by atoms with van der Waals surface area (Å²) in [6, 6.07) is 10.5. The highest BCUT2D eigenvalue weighted by atomic mass is 19.2. The standard InChI is InChI=1S/C35H31F3N4O4/c36-27-15-22(4-3-21-1-2-21)5-6-25(27)20-46-34-33(38)28(37)17-30(40-34)23-9-12-41(13-10-23)19-32-39-29-8-7-24(35(43)44)16-31(29)42(32)18-26-11-14-45-26/h5-9,15-17,21,26H,1-2,10-14,18-20H2,(H,43,44)/t26-/m0/s1. The number of hydrogen-bond donors (Lipinski definition) is 1. The van der Waals surface area contributed by atoms with Crippen LogP contribution in [0.5, 0.6) is 5.88 Å². The minimum absolute atomic E-state index is 0.0514. The third kappa shape index (κ3) is 6.50. The molecule has 3 aliphatic rings. The molecule has 0 amide bonds. The minimum atomic E-state index is -1.23. The Labute approximate surface area is 263 Å². The summed E-state index contributed by atoms with van der Waals surface area (Å²) >= 11 is 0. The molecule has 1 atom stereocenters. The number of benzene rings is 2. The first kappa shape index (κ1) is 30.0. The van der Waals surface area contributed by atoms with Crippen LogP contribution in [-0.2, 0) is 24.4 Å². The first-order valence-electron chi connectivity index (χ1n) is 15.4. The van der Waals surface area contributed by atoms with Gasteiger partial charge in [-0.3, -0.25) is 4.90 Å². The summed E-state index contributed by atoms with van der Waals surface area (Å²) in [6.45, 7) is 2.59. The van der Waals surface area contributed by atoms with Gasteiger partial charge >= 0.3 is 5.97 Å². The van der Waals surface area contributed by atoms with E-state index < -0.39 is 29.3 Å². The molecule has 0 spiro atoms. The lowest BCUT2D eigenvalue weighted by Crippen LogP contribution is -2.33. The van der Waals surface area contributed by atoms with Crippen molar-refractivity contribution < 1.29 is 32.5 Å². The number of rotatable bonds is 9. The molecule has 4 aromatic rings. The van der Waals surface area contributed by atoms with Gasteiger partial charge in [-0.25, -0.2) is 23.5 Å². The van der Waals surface area contributed by atoms with Crippen LogP contribution in [0.1, 0.15) is 58.7 Å². The Morgan fingerprint density at radius 2 is 1.91 bits per heavy atom. The van der Waals surface area contributed by atoms with E-state index in [4.69, 9.17) is 14.5 Å². The number of nitrogens with zero attached hydrogens (tertiary/aromatic N) is 4. The number of ether oxygens (including phenoxy) is 2. The summed E-state index contributed by atoms with van der Waals surface area (Å²) in [4.78, 5) is 22.8. The van der Waals surface area contributed by atoms with E-state index in [0.717, 1.165) is 42.2 Å². The summed E-state index contributed by atoms with van der Waals surface area (Å²) in [5, 5.41) is 9.50. The average Bonchev–Trinajstić information content (AvgIpc) is 3.80. The predicted molar refractivity (Wildman–Crippen MR) is 163 cm³/mol. The van der Waals surface area contributed by atoms with Gasteiger partial charge in [0.1, 0.15) is 18.2 Å². The van der Waals surface area contributed by atoms with Gasteiger partial charge in [-0.1, -0.05) is 24.0 Å². The number of imidazole rings is 1. The van der Waals surface area contributed by atoms with Crippen molar-refractivity contribution in [3.05, 3.63) is 94.2 Å². The molecular weight excluding hydrogens is 597 g/mol.